The van der Waals surface area contributed by atoms with E-state index in [4.69, 9.17) is 4.74 Å². The van der Waals surface area contributed by atoms with Crippen molar-refractivity contribution in [3.8, 4) is 5.75 Å². The topological polar surface area (TPSA) is 34.2 Å². The molecule has 1 heterocycles. The van der Waals surface area contributed by atoms with Crippen molar-refractivity contribution in [1.82, 2.24) is 10.3 Å². The van der Waals surface area contributed by atoms with E-state index < -0.39 is 0 Å². The summed E-state index contributed by atoms with van der Waals surface area (Å²) in [7, 11) is 3.68. The van der Waals surface area contributed by atoms with Crippen molar-refractivity contribution in [2.24, 2.45) is 5.92 Å². The first kappa shape index (κ1) is 13.0. The van der Waals surface area contributed by atoms with Crippen LogP contribution in [-0.2, 0) is 0 Å². The minimum Gasteiger partial charge on any atom is -0.495 e. The van der Waals surface area contributed by atoms with E-state index in [-0.39, 0.29) is 0 Å². The molecule has 3 nitrogen and oxygen atoms in total. The molecule has 1 aromatic heterocycles. The molecule has 0 bridgehead atoms. The van der Waals surface area contributed by atoms with Gasteiger partial charge in [0.2, 0.25) is 0 Å². The van der Waals surface area contributed by atoms with Gasteiger partial charge in [0, 0.05) is 17.8 Å². The lowest BCUT2D eigenvalue weighted by Gasteiger charge is -2.19. The Bertz CT molecular complexity index is 313. The van der Waals surface area contributed by atoms with E-state index in [0.717, 1.165) is 18.1 Å². The second-order valence-corrected chi connectivity index (χ2v) is 4.43. The van der Waals surface area contributed by atoms with Gasteiger partial charge in [-0.05, 0) is 31.9 Å². The molecule has 0 radical (unpaired) electrons. The molecule has 0 aliphatic rings. The van der Waals surface area contributed by atoms with Gasteiger partial charge in [0.05, 0.1) is 13.3 Å². The van der Waals surface area contributed by atoms with Gasteiger partial charge in [-0.25, -0.2) is 0 Å². The minimum atomic E-state index is 0.348. The molecule has 1 atom stereocenters. The molecule has 0 saturated heterocycles. The molecule has 0 aromatic carbocycles. The van der Waals surface area contributed by atoms with Gasteiger partial charge in [-0.15, -0.1) is 0 Å². The van der Waals surface area contributed by atoms with Gasteiger partial charge in [-0.2, -0.15) is 0 Å². The summed E-state index contributed by atoms with van der Waals surface area (Å²) in [6.07, 6.45) is 5.91. The zero-order valence-electron chi connectivity index (χ0n) is 10.7. The summed E-state index contributed by atoms with van der Waals surface area (Å²) in [5, 5.41) is 3.34. The summed E-state index contributed by atoms with van der Waals surface area (Å²) in [4.78, 5) is 4.08. The molecular formula is C13H22N2O. The lowest BCUT2D eigenvalue weighted by atomic mass is 9.98. The second kappa shape index (κ2) is 6.48. The molecule has 1 aromatic rings. The standard InChI is InChI=1S/C13H22N2O/c1-10(2)5-6-12(14-3)11-7-8-15-9-13(11)16-4/h7-10,12,14H,5-6H2,1-4H3. The lowest BCUT2D eigenvalue weighted by Crippen LogP contribution is -2.17. The molecule has 0 aliphatic heterocycles. The number of aromatic nitrogens is 1. The summed E-state index contributed by atoms with van der Waals surface area (Å²) >= 11 is 0. The molecule has 1 unspecified atom stereocenters. The monoisotopic (exact) mass is 222 g/mol. The fourth-order valence-corrected chi connectivity index (χ4v) is 1.80. The van der Waals surface area contributed by atoms with Crippen molar-refractivity contribution in [3.05, 3.63) is 24.0 Å². The molecule has 0 fully saturated rings. The first-order chi connectivity index (χ1) is 7.69. The number of hydrogen-bond acceptors (Lipinski definition) is 3. The molecule has 16 heavy (non-hydrogen) atoms. The molecule has 90 valence electrons. The van der Waals surface area contributed by atoms with Gasteiger partial charge in [0.15, 0.2) is 0 Å². The van der Waals surface area contributed by atoms with E-state index in [2.05, 4.69) is 24.1 Å². The lowest BCUT2D eigenvalue weighted by molar-refractivity contribution is 0.390. The Labute approximate surface area is 98.2 Å². The highest BCUT2D eigenvalue weighted by atomic mass is 16.5. The summed E-state index contributed by atoms with van der Waals surface area (Å²) in [5.74, 6) is 1.59. The Hall–Kier alpha value is -1.09. The zero-order valence-corrected chi connectivity index (χ0v) is 10.7. The number of rotatable bonds is 6. The normalized spacial score (nSPS) is 12.8. The maximum Gasteiger partial charge on any atom is 0.141 e. The van der Waals surface area contributed by atoms with Crippen LogP contribution in [0.5, 0.6) is 5.75 Å². The van der Waals surface area contributed by atoms with Gasteiger partial charge >= 0.3 is 0 Å². The summed E-state index contributed by atoms with van der Waals surface area (Å²) in [5.41, 5.74) is 1.20. The fourth-order valence-electron chi connectivity index (χ4n) is 1.80. The van der Waals surface area contributed by atoms with Gasteiger partial charge in [0.1, 0.15) is 5.75 Å². The molecule has 0 spiro atoms. The van der Waals surface area contributed by atoms with Crippen LogP contribution in [0.15, 0.2) is 18.5 Å². The van der Waals surface area contributed by atoms with Crippen molar-refractivity contribution in [2.45, 2.75) is 32.7 Å². The van der Waals surface area contributed by atoms with E-state index in [1.165, 1.54) is 12.0 Å². The highest BCUT2D eigenvalue weighted by Gasteiger charge is 2.14. The van der Waals surface area contributed by atoms with Gasteiger partial charge in [-0.1, -0.05) is 13.8 Å². The molecular weight excluding hydrogens is 200 g/mol. The molecule has 0 saturated carbocycles. The van der Waals surface area contributed by atoms with Crippen molar-refractivity contribution in [1.29, 1.82) is 0 Å². The summed E-state index contributed by atoms with van der Waals surface area (Å²) < 4.78 is 5.33. The number of nitrogens with one attached hydrogen (secondary N) is 1. The number of methoxy groups -OCH3 is 1. The molecule has 1 rings (SSSR count). The van der Waals surface area contributed by atoms with Crippen molar-refractivity contribution < 1.29 is 4.74 Å². The quantitative estimate of drug-likeness (QED) is 0.803. The largest absolute Gasteiger partial charge is 0.495 e. The van der Waals surface area contributed by atoms with Crippen LogP contribution in [0.1, 0.15) is 38.3 Å². The first-order valence-electron chi connectivity index (χ1n) is 5.84. The van der Waals surface area contributed by atoms with E-state index >= 15 is 0 Å². The molecule has 0 aliphatic carbocycles. The third kappa shape index (κ3) is 3.49. The first-order valence-corrected chi connectivity index (χ1v) is 5.84. The van der Waals surface area contributed by atoms with Crippen LogP contribution in [0.25, 0.3) is 0 Å². The highest BCUT2D eigenvalue weighted by Crippen LogP contribution is 2.27. The van der Waals surface area contributed by atoms with Crippen LogP contribution in [0, 0.1) is 5.92 Å². The number of pyridine rings is 1. The zero-order chi connectivity index (χ0) is 12.0. The van der Waals surface area contributed by atoms with Crippen LogP contribution >= 0.6 is 0 Å². The van der Waals surface area contributed by atoms with E-state index in [9.17, 15) is 0 Å². The maximum atomic E-state index is 5.33. The average Bonchev–Trinajstić information content (AvgIpc) is 2.30. The molecule has 1 N–H and O–H groups in total. The van der Waals surface area contributed by atoms with E-state index in [1.807, 2.05) is 19.3 Å². The Morgan fingerprint density at radius 2 is 2.12 bits per heavy atom. The van der Waals surface area contributed by atoms with Crippen LogP contribution in [0.4, 0.5) is 0 Å². The maximum absolute atomic E-state index is 5.33. The third-order valence-electron chi connectivity index (χ3n) is 2.79. The highest BCUT2D eigenvalue weighted by molar-refractivity contribution is 5.32. The molecule has 0 amide bonds. The number of hydrogen-bond donors (Lipinski definition) is 1. The van der Waals surface area contributed by atoms with Gasteiger partial charge in [0.25, 0.3) is 0 Å². The predicted octanol–water partition coefficient (Wildman–Crippen LogP) is 2.79. The average molecular weight is 222 g/mol. The fraction of sp³-hybridized carbons (Fsp3) is 0.615. The van der Waals surface area contributed by atoms with Crippen LogP contribution in [0.3, 0.4) is 0 Å². The van der Waals surface area contributed by atoms with Crippen molar-refractivity contribution in [2.75, 3.05) is 14.2 Å². The van der Waals surface area contributed by atoms with Crippen LogP contribution in [-0.4, -0.2) is 19.1 Å². The van der Waals surface area contributed by atoms with Crippen molar-refractivity contribution >= 4 is 0 Å². The Morgan fingerprint density at radius 3 is 2.69 bits per heavy atom. The van der Waals surface area contributed by atoms with Crippen molar-refractivity contribution in [3.63, 3.8) is 0 Å². The summed E-state index contributed by atoms with van der Waals surface area (Å²) in [6.45, 7) is 4.49. The predicted molar refractivity (Wildman–Crippen MR) is 66.7 cm³/mol. The molecule has 3 heteroatoms. The Balaban J connectivity index is 2.77. The van der Waals surface area contributed by atoms with E-state index in [1.54, 1.807) is 13.3 Å². The smallest absolute Gasteiger partial charge is 0.141 e. The SMILES string of the molecule is CNC(CCC(C)C)c1ccncc1OC. The van der Waals surface area contributed by atoms with Crippen LogP contribution in [0.2, 0.25) is 0 Å². The van der Waals surface area contributed by atoms with E-state index in [0.29, 0.717) is 6.04 Å². The second-order valence-electron chi connectivity index (χ2n) is 4.43. The Morgan fingerprint density at radius 1 is 1.38 bits per heavy atom. The summed E-state index contributed by atoms with van der Waals surface area (Å²) in [6, 6.07) is 2.38. The third-order valence-corrected chi connectivity index (χ3v) is 2.79. The minimum absolute atomic E-state index is 0.348. The van der Waals surface area contributed by atoms with Gasteiger partial charge < -0.3 is 10.1 Å². The number of ether oxygens (including phenoxy) is 1. The Kier molecular flexibility index (Phi) is 5.26. The van der Waals surface area contributed by atoms with Crippen LogP contribution < -0.4 is 10.1 Å². The number of nitrogens with zero attached hydrogens (tertiary/aromatic N) is 1. The van der Waals surface area contributed by atoms with Gasteiger partial charge in [-0.3, -0.25) is 4.98 Å².